The predicted octanol–water partition coefficient (Wildman–Crippen LogP) is 6.29. The largest absolute Gasteiger partial charge is 0.279 e. The quantitative estimate of drug-likeness (QED) is 0.423. The normalized spacial score (nSPS) is 10.7. The third-order valence-corrected chi connectivity index (χ3v) is 4.59. The van der Waals surface area contributed by atoms with Crippen molar-refractivity contribution in [2.45, 2.75) is 6.92 Å². The average molecular weight is 355 g/mol. The van der Waals surface area contributed by atoms with Gasteiger partial charge in [-0.2, -0.15) is 0 Å². The maximum Gasteiger partial charge on any atom is 0.228 e. The van der Waals surface area contributed by atoms with Crippen LogP contribution >= 0.6 is 0 Å². The highest BCUT2D eigenvalue weighted by atomic mass is 19.1. The molecule has 4 rings (SSSR count). The topological polar surface area (TPSA) is 22.0 Å². The van der Waals surface area contributed by atoms with Crippen LogP contribution in [-0.4, -0.2) is 10.5 Å². The van der Waals surface area contributed by atoms with E-state index in [1.807, 2.05) is 66.7 Å². The van der Waals surface area contributed by atoms with Crippen molar-refractivity contribution in [3.63, 3.8) is 0 Å². The Labute approximate surface area is 157 Å². The van der Waals surface area contributed by atoms with Crippen LogP contribution in [0.2, 0.25) is 0 Å². The molecule has 0 unspecified atom stereocenters. The van der Waals surface area contributed by atoms with Crippen LogP contribution < -0.4 is 0 Å². The number of benzene rings is 3. The van der Waals surface area contributed by atoms with E-state index in [2.05, 4.69) is 0 Å². The second kappa shape index (κ2) is 7.04. The fraction of sp³-hybridized carbons (Fsp3) is 0.0417. The van der Waals surface area contributed by atoms with E-state index in [-0.39, 0.29) is 11.7 Å². The minimum atomic E-state index is -0.300. The Morgan fingerprint density at radius 3 is 1.85 bits per heavy atom. The van der Waals surface area contributed by atoms with Gasteiger partial charge in [0.15, 0.2) is 0 Å². The molecule has 0 fully saturated rings. The Bertz CT molecular complexity index is 1080. The summed E-state index contributed by atoms with van der Waals surface area (Å²) in [5.74, 6) is -0.387. The van der Waals surface area contributed by atoms with Gasteiger partial charge in [-0.05, 0) is 47.0 Å². The van der Waals surface area contributed by atoms with E-state index in [1.165, 1.54) is 12.1 Å². The summed E-state index contributed by atoms with van der Waals surface area (Å²) in [6.07, 6.45) is 0. The van der Waals surface area contributed by atoms with Crippen LogP contribution in [0.15, 0.2) is 91.0 Å². The highest BCUT2D eigenvalue weighted by molar-refractivity contribution is 5.96. The standard InChI is InChI=1S/C24H18FNO/c1-17(27)26-23(19-12-14-21(25)15-13-19)16-22(18-8-4-2-5-9-18)24(26)20-10-6-3-7-11-20/h2-16H,1H3. The smallest absolute Gasteiger partial charge is 0.228 e. The Hall–Kier alpha value is -3.46. The molecule has 0 aliphatic rings. The molecule has 0 radical (unpaired) electrons. The molecule has 0 aliphatic heterocycles. The zero-order valence-electron chi connectivity index (χ0n) is 14.9. The molecule has 1 heterocycles. The van der Waals surface area contributed by atoms with Gasteiger partial charge in [-0.1, -0.05) is 60.7 Å². The molecule has 2 nitrogen and oxygen atoms in total. The predicted molar refractivity (Wildman–Crippen MR) is 107 cm³/mol. The maximum atomic E-state index is 13.4. The van der Waals surface area contributed by atoms with Crippen LogP contribution in [0, 0.1) is 5.82 Å². The third-order valence-electron chi connectivity index (χ3n) is 4.59. The van der Waals surface area contributed by atoms with Crippen molar-refractivity contribution in [1.29, 1.82) is 0 Å². The summed E-state index contributed by atoms with van der Waals surface area (Å²) in [6, 6.07) is 28.1. The lowest BCUT2D eigenvalue weighted by Crippen LogP contribution is -2.09. The van der Waals surface area contributed by atoms with Crippen LogP contribution in [0.25, 0.3) is 33.6 Å². The number of halogens is 1. The van der Waals surface area contributed by atoms with E-state index in [0.717, 1.165) is 33.6 Å². The second-order valence-corrected chi connectivity index (χ2v) is 6.39. The Kier molecular flexibility index (Phi) is 4.43. The minimum absolute atomic E-state index is 0.0876. The minimum Gasteiger partial charge on any atom is -0.279 e. The molecule has 27 heavy (non-hydrogen) atoms. The summed E-state index contributed by atoms with van der Waals surface area (Å²) in [5.41, 5.74) is 5.34. The van der Waals surface area contributed by atoms with Gasteiger partial charge < -0.3 is 0 Å². The molecule has 0 bridgehead atoms. The number of rotatable bonds is 3. The van der Waals surface area contributed by atoms with Crippen LogP contribution in [0.3, 0.4) is 0 Å². The first kappa shape index (κ1) is 17.0. The molecule has 0 saturated heterocycles. The molecule has 3 aromatic carbocycles. The first-order chi connectivity index (χ1) is 13.1. The summed E-state index contributed by atoms with van der Waals surface area (Å²) in [6.45, 7) is 1.55. The summed E-state index contributed by atoms with van der Waals surface area (Å²) in [7, 11) is 0. The van der Waals surface area contributed by atoms with Crippen molar-refractivity contribution >= 4 is 5.91 Å². The van der Waals surface area contributed by atoms with Crippen molar-refractivity contribution in [3.8, 4) is 33.6 Å². The van der Waals surface area contributed by atoms with Crippen molar-refractivity contribution in [2.24, 2.45) is 0 Å². The average Bonchev–Trinajstić information content (AvgIpc) is 3.11. The molecule has 0 spiro atoms. The highest BCUT2D eigenvalue weighted by Crippen LogP contribution is 2.39. The van der Waals surface area contributed by atoms with Gasteiger partial charge in [0.2, 0.25) is 5.91 Å². The van der Waals surface area contributed by atoms with Crippen LogP contribution in [-0.2, 0) is 0 Å². The molecule has 4 aromatic rings. The van der Waals surface area contributed by atoms with E-state index in [1.54, 1.807) is 23.6 Å². The molecule has 3 heteroatoms. The number of aromatic nitrogens is 1. The van der Waals surface area contributed by atoms with Gasteiger partial charge in [-0.25, -0.2) is 4.39 Å². The van der Waals surface area contributed by atoms with Crippen molar-refractivity contribution < 1.29 is 9.18 Å². The lowest BCUT2D eigenvalue weighted by Gasteiger charge is -2.12. The number of hydrogen-bond donors (Lipinski definition) is 0. The van der Waals surface area contributed by atoms with E-state index in [9.17, 15) is 9.18 Å². The molecule has 0 N–H and O–H groups in total. The molecule has 0 amide bonds. The fourth-order valence-corrected chi connectivity index (χ4v) is 3.39. The first-order valence-corrected chi connectivity index (χ1v) is 8.78. The monoisotopic (exact) mass is 355 g/mol. The lowest BCUT2D eigenvalue weighted by atomic mass is 10.0. The van der Waals surface area contributed by atoms with Gasteiger partial charge in [-0.3, -0.25) is 9.36 Å². The molecule has 132 valence electrons. The first-order valence-electron chi connectivity index (χ1n) is 8.78. The van der Waals surface area contributed by atoms with Crippen LogP contribution in [0.5, 0.6) is 0 Å². The molecule has 0 aliphatic carbocycles. The van der Waals surface area contributed by atoms with Gasteiger partial charge in [0.05, 0.1) is 11.4 Å². The molecule has 0 saturated carbocycles. The summed E-state index contributed by atoms with van der Waals surface area (Å²) >= 11 is 0. The van der Waals surface area contributed by atoms with Crippen molar-refractivity contribution in [3.05, 3.63) is 96.8 Å². The number of carbonyl (C=O) groups is 1. The van der Waals surface area contributed by atoms with E-state index < -0.39 is 0 Å². The Morgan fingerprint density at radius 1 is 0.741 bits per heavy atom. The Morgan fingerprint density at radius 2 is 1.30 bits per heavy atom. The number of hydrogen-bond acceptors (Lipinski definition) is 1. The molecular weight excluding hydrogens is 337 g/mol. The van der Waals surface area contributed by atoms with E-state index >= 15 is 0 Å². The summed E-state index contributed by atoms with van der Waals surface area (Å²) in [5, 5.41) is 0. The van der Waals surface area contributed by atoms with Gasteiger partial charge in [0.1, 0.15) is 5.82 Å². The second-order valence-electron chi connectivity index (χ2n) is 6.39. The molecule has 0 atom stereocenters. The third kappa shape index (κ3) is 3.20. The highest BCUT2D eigenvalue weighted by Gasteiger charge is 2.21. The molecular formula is C24H18FNO. The Balaban J connectivity index is 2.05. The van der Waals surface area contributed by atoms with Gasteiger partial charge in [0.25, 0.3) is 0 Å². The molecule has 1 aromatic heterocycles. The lowest BCUT2D eigenvalue weighted by molar-refractivity contribution is 0.0940. The van der Waals surface area contributed by atoms with E-state index in [0.29, 0.717) is 0 Å². The van der Waals surface area contributed by atoms with Gasteiger partial charge in [-0.15, -0.1) is 0 Å². The van der Waals surface area contributed by atoms with Gasteiger partial charge in [0, 0.05) is 12.5 Å². The number of nitrogens with zero attached hydrogens (tertiary/aromatic N) is 1. The zero-order valence-corrected chi connectivity index (χ0v) is 14.9. The van der Waals surface area contributed by atoms with Gasteiger partial charge >= 0.3 is 0 Å². The zero-order chi connectivity index (χ0) is 18.8. The fourth-order valence-electron chi connectivity index (χ4n) is 3.39. The SMILES string of the molecule is CC(=O)n1c(-c2ccc(F)cc2)cc(-c2ccccc2)c1-c1ccccc1. The summed E-state index contributed by atoms with van der Waals surface area (Å²) < 4.78 is 15.1. The van der Waals surface area contributed by atoms with Crippen molar-refractivity contribution in [2.75, 3.05) is 0 Å². The van der Waals surface area contributed by atoms with Crippen molar-refractivity contribution in [1.82, 2.24) is 4.57 Å². The maximum absolute atomic E-state index is 13.4. The summed E-state index contributed by atoms with van der Waals surface area (Å²) in [4.78, 5) is 12.6. The number of carbonyl (C=O) groups excluding carboxylic acids is 1. The van der Waals surface area contributed by atoms with Crippen LogP contribution in [0.4, 0.5) is 4.39 Å². The van der Waals surface area contributed by atoms with Crippen LogP contribution in [0.1, 0.15) is 11.7 Å². The van der Waals surface area contributed by atoms with E-state index in [4.69, 9.17) is 0 Å².